The van der Waals surface area contributed by atoms with E-state index in [0.717, 1.165) is 24.1 Å². The van der Waals surface area contributed by atoms with Crippen molar-refractivity contribution in [3.05, 3.63) is 71.1 Å². The number of benzene rings is 2. The van der Waals surface area contributed by atoms with Crippen LogP contribution in [0.15, 0.2) is 53.1 Å². The van der Waals surface area contributed by atoms with Crippen LogP contribution in [0, 0.1) is 12.8 Å². The summed E-state index contributed by atoms with van der Waals surface area (Å²) in [6.45, 7) is 5.81. The molecule has 1 aromatic heterocycles. The second-order valence-corrected chi connectivity index (χ2v) is 7.24. The minimum absolute atomic E-state index is 0.0331. The second kappa shape index (κ2) is 8.69. The van der Waals surface area contributed by atoms with Gasteiger partial charge in [0.25, 0.3) is 5.91 Å². The second-order valence-electron chi connectivity index (χ2n) is 7.24. The fraction of sp³-hybridized carbons (Fsp3) is 0.318. The van der Waals surface area contributed by atoms with Crippen LogP contribution in [0.25, 0.3) is 11.4 Å². The van der Waals surface area contributed by atoms with Gasteiger partial charge in [0.1, 0.15) is 6.04 Å². The number of aromatic nitrogens is 2. The summed E-state index contributed by atoms with van der Waals surface area (Å²) in [5.41, 5.74) is 0.921. The minimum atomic E-state index is -4.47. The third-order valence-electron chi connectivity index (χ3n) is 4.97. The number of nitrogens with zero attached hydrogens (tertiary/aromatic N) is 2. The summed E-state index contributed by atoms with van der Waals surface area (Å²) in [6, 6.07) is 11.3. The van der Waals surface area contributed by atoms with Crippen LogP contribution in [-0.4, -0.2) is 16.0 Å². The zero-order valence-corrected chi connectivity index (χ0v) is 16.8. The molecule has 2 atom stereocenters. The molecular weight excluding hydrogens is 395 g/mol. The Kier molecular flexibility index (Phi) is 6.24. The Balaban J connectivity index is 1.87. The summed E-state index contributed by atoms with van der Waals surface area (Å²) in [5, 5.41) is 6.74. The fourth-order valence-corrected chi connectivity index (χ4v) is 2.93. The Labute approximate surface area is 172 Å². The van der Waals surface area contributed by atoms with Crippen molar-refractivity contribution in [1.29, 1.82) is 0 Å². The fourth-order valence-electron chi connectivity index (χ4n) is 2.93. The normalized spacial score (nSPS) is 13.7. The predicted molar refractivity (Wildman–Crippen MR) is 106 cm³/mol. The smallest absolute Gasteiger partial charge is 0.340 e. The van der Waals surface area contributed by atoms with Gasteiger partial charge in [-0.1, -0.05) is 55.3 Å². The molecule has 1 heterocycles. The van der Waals surface area contributed by atoms with Crippen molar-refractivity contribution >= 4 is 5.91 Å². The first-order valence-corrected chi connectivity index (χ1v) is 9.57. The number of carbonyl (C=O) groups excluding carboxylic acids is 1. The number of hydrogen-bond acceptors (Lipinski definition) is 4. The molecule has 0 spiro atoms. The Morgan fingerprint density at radius 2 is 1.87 bits per heavy atom. The maximum atomic E-state index is 13.0. The van der Waals surface area contributed by atoms with Crippen LogP contribution in [-0.2, 0) is 6.18 Å². The number of halogens is 3. The quantitative estimate of drug-likeness (QED) is 0.568. The highest BCUT2D eigenvalue weighted by molar-refractivity contribution is 5.94. The SMILES string of the molecule is CC[C@@H](C)[C@H](NC(=O)c1ccc(C)cc1)c1nc(-c2cccc(C(F)(F)F)c2)no1. The largest absolute Gasteiger partial charge is 0.416 e. The van der Waals surface area contributed by atoms with Crippen molar-refractivity contribution in [1.82, 2.24) is 15.5 Å². The van der Waals surface area contributed by atoms with Crippen molar-refractivity contribution in [3.8, 4) is 11.4 Å². The maximum absolute atomic E-state index is 13.0. The number of nitrogens with one attached hydrogen (secondary N) is 1. The Bertz CT molecular complexity index is 1010. The lowest BCUT2D eigenvalue weighted by Gasteiger charge is -2.20. The van der Waals surface area contributed by atoms with Gasteiger partial charge in [-0.05, 0) is 37.1 Å². The molecule has 1 N–H and O–H groups in total. The van der Waals surface area contributed by atoms with Crippen LogP contribution in [0.1, 0.15) is 53.7 Å². The van der Waals surface area contributed by atoms with Crippen molar-refractivity contribution in [2.24, 2.45) is 5.92 Å². The van der Waals surface area contributed by atoms with Crippen molar-refractivity contribution in [2.45, 2.75) is 39.4 Å². The van der Waals surface area contributed by atoms with Crippen LogP contribution in [0.2, 0.25) is 0 Å². The van der Waals surface area contributed by atoms with E-state index in [9.17, 15) is 18.0 Å². The molecule has 1 amide bonds. The molecule has 0 aliphatic carbocycles. The number of amides is 1. The van der Waals surface area contributed by atoms with E-state index in [4.69, 9.17) is 4.52 Å². The minimum Gasteiger partial charge on any atom is -0.340 e. The van der Waals surface area contributed by atoms with Crippen molar-refractivity contribution in [3.63, 3.8) is 0 Å². The zero-order valence-electron chi connectivity index (χ0n) is 16.8. The van der Waals surface area contributed by atoms with Gasteiger partial charge in [0.15, 0.2) is 0 Å². The molecule has 0 unspecified atom stereocenters. The number of rotatable bonds is 6. The van der Waals surface area contributed by atoms with Gasteiger partial charge in [-0.3, -0.25) is 4.79 Å². The lowest BCUT2D eigenvalue weighted by Crippen LogP contribution is -2.32. The van der Waals surface area contributed by atoms with Gasteiger partial charge >= 0.3 is 6.18 Å². The van der Waals surface area contributed by atoms with Gasteiger partial charge in [0.2, 0.25) is 11.7 Å². The van der Waals surface area contributed by atoms with Gasteiger partial charge < -0.3 is 9.84 Å². The topological polar surface area (TPSA) is 68.0 Å². The highest BCUT2D eigenvalue weighted by Gasteiger charge is 2.31. The van der Waals surface area contributed by atoms with Crippen molar-refractivity contribution < 1.29 is 22.5 Å². The summed E-state index contributed by atoms with van der Waals surface area (Å²) in [7, 11) is 0. The lowest BCUT2D eigenvalue weighted by atomic mass is 9.98. The molecule has 3 rings (SSSR count). The summed E-state index contributed by atoms with van der Waals surface area (Å²) < 4.78 is 44.3. The van der Waals surface area contributed by atoms with Crippen molar-refractivity contribution in [2.75, 3.05) is 0 Å². The molecule has 0 aliphatic rings. The molecule has 8 heteroatoms. The van der Waals surface area contributed by atoms with E-state index in [-0.39, 0.29) is 29.1 Å². The van der Waals surface area contributed by atoms with Crippen LogP contribution >= 0.6 is 0 Å². The van der Waals surface area contributed by atoms with E-state index in [1.165, 1.54) is 12.1 Å². The molecule has 0 bridgehead atoms. The molecule has 2 aromatic carbocycles. The number of alkyl halides is 3. The van der Waals surface area contributed by atoms with E-state index < -0.39 is 17.8 Å². The Morgan fingerprint density at radius 3 is 2.50 bits per heavy atom. The number of carbonyl (C=O) groups is 1. The number of hydrogen-bond donors (Lipinski definition) is 1. The Morgan fingerprint density at radius 1 is 1.17 bits per heavy atom. The standard InChI is InChI=1S/C22H22F3N3O2/c1-4-14(3)18(26-20(29)15-10-8-13(2)9-11-15)21-27-19(28-30-21)16-6-5-7-17(12-16)22(23,24)25/h5-12,14,18H,4H2,1-3H3,(H,26,29)/t14-,18+/m1/s1. The van der Waals surface area contributed by atoms with Gasteiger partial charge in [-0.25, -0.2) is 0 Å². The van der Waals surface area contributed by atoms with Crippen LogP contribution in [0.4, 0.5) is 13.2 Å². The molecule has 5 nitrogen and oxygen atoms in total. The third-order valence-corrected chi connectivity index (χ3v) is 4.97. The summed E-state index contributed by atoms with van der Waals surface area (Å²) in [4.78, 5) is 16.9. The first-order chi connectivity index (χ1) is 14.2. The van der Waals surface area contributed by atoms with Crippen LogP contribution in [0.3, 0.4) is 0 Å². The molecule has 0 saturated heterocycles. The molecule has 0 saturated carbocycles. The molecule has 0 radical (unpaired) electrons. The molecular formula is C22H22F3N3O2. The average molecular weight is 417 g/mol. The van der Waals surface area contributed by atoms with Gasteiger partial charge in [-0.2, -0.15) is 18.2 Å². The van der Waals surface area contributed by atoms with Crippen LogP contribution < -0.4 is 5.32 Å². The highest BCUT2D eigenvalue weighted by Crippen LogP contribution is 2.32. The number of aryl methyl sites for hydroxylation is 1. The molecule has 30 heavy (non-hydrogen) atoms. The predicted octanol–water partition coefficient (Wildman–Crippen LogP) is 5.58. The van der Waals surface area contributed by atoms with E-state index in [2.05, 4.69) is 15.5 Å². The van der Waals surface area contributed by atoms with Gasteiger partial charge in [0, 0.05) is 11.1 Å². The molecule has 0 aliphatic heterocycles. The molecule has 158 valence electrons. The zero-order chi connectivity index (χ0) is 21.9. The summed E-state index contributed by atoms with van der Waals surface area (Å²) >= 11 is 0. The summed E-state index contributed by atoms with van der Waals surface area (Å²) in [6.07, 6.45) is -3.75. The van der Waals surface area contributed by atoms with Crippen LogP contribution in [0.5, 0.6) is 0 Å². The monoisotopic (exact) mass is 417 g/mol. The van der Waals surface area contributed by atoms with E-state index >= 15 is 0 Å². The third kappa shape index (κ3) is 4.87. The van der Waals surface area contributed by atoms with Gasteiger partial charge in [0.05, 0.1) is 5.56 Å². The first-order valence-electron chi connectivity index (χ1n) is 9.57. The lowest BCUT2D eigenvalue weighted by molar-refractivity contribution is -0.137. The van der Waals surface area contributed by atoms with E-state index in [1.54, 1.807) is 12.1 Å². The summed E-state index contributed by atoms with van der Waals surface area (Å²) in [5.74, 6) is -0.139. The first kappa shape index (κ1) is 21.5. The van der Waals surface area contributed by atoms with E-state index in [1.807, 2.05) is 32.9 Å². The molecule has 3 aromatic rings. The van der Waals surface area contributed by atoms with E-state index in [0.29, 0.717) is 5.56 Å². The maximum Gasteiger partial charge on any atom is 0.416 e. The average Bonchev–Trinajstić information content (AvgIpc) is 3.21. The highest BCUT2D eigenvalue weighted by atomic mass is 19.4. The Hall–Kier alpha value is -3.16. The molecule has 0 fully saturated rings. The van der Waals surface area contributed by atoms with Gasteiger partial charge in [-0.15, -0.1) is 0 Å².